The topological polar surface area (TPSA) is 94.4 Å². The molecule has 0 radical (unpaired) electrons. The maximum Gasteiger partial charge on any atom is 0.174 e. The molecule has 9 heteroatoms. The molecule has 1 aliphatic carbocycles. The van der Waals surface area contributed by atoms with E-state index >= 15 is 0 Å². The number of ether oxygens (including phenoxy) is 1. The maximum atomic E-state index is 13.5. The zero-order chi connectivity index (χ0) is 24.5. The molecule has 1 aliphatic rings. The third-order valence-corrected chi connectivity index (χ3v) is 6.35. The Morgan fingerprint density at radius 3 is 2.60 bits per heavy atom. The van der Waals surface area contributed by atoms with E-state index in [1.54, 1.807) is 16.8 Å². The van der Waals surface area contributed by atoms with Gasteiger partial charge in [-0.25, -0.2) is 19.0 Å². The van der Waals surface area contributed by atoms with Crippen LogP contribution in [-0.4, -0.2) is 36.1 Å². The van der Waals surface area contributed by atoms with Gasteiger partial charge >= 0.3 is 0 Å². The molecular weight excluding hydrogens is 445 g/mol. The van der Waals surface area contributed by atoms with Crippen LogP contribution < -0.4 is 4.74 Å². The predicted octanol–water partition coefficient (Wildman–Crippen LogP) is 4.49. The fourth-order valence-electron chi connectivity index (χ4n) is 4.32. The third-order valence-electron chi connectivity index (χ3n) is 6.35. The number of aromatic nitrogens is 6. The lowest BCUT2D eigenvalue weighted by Gasteiger charge is -2.09. The van der Waals surface area contributed by atoms with Gasteiger partial charge in [0.25, 0.3) is 0 Å². The molecule has 3 heterocycles. The van der Waals surface area contributed by atoms with Crippen LogP contribution in [0.3, 0.4) is 0 Å². The Morgan fingerprint density at radius 2 is 1.89 bits per heavy atom. The van der Waals surface area contributed by atoms with Gasteiger partial charge in [0.2, 0.25) is 0 Å². The van der Waals surface area contributed by atoms with E-state index < -0.39 is 0 Å². The molecule has 4 aromatic rings. The fraction of sp³-hybridized carbons (Fsp3) is 0.346. The van der Waals surface area contributed by atoms with E-state index in [1.807, 2.05) is 26.0 Å². The van der Waals surface area contributed by atoms with Crippen molar-refractivity contribution in [2.24, 2.45) is 5.92 Å². The minimum Gasteiger partial charge on any atom is -0.475 e. The third kappa shape index (κ3) is 4.64. The highest BCUT2D eigenvalue weighted by atomic mass is 19.1. The maximum absolute atomic E-state index is 13.5. The summed E-state index contributed by atoms with van der Waals surface area (Å²) in [6.45, 7) is 6.62. The van der Waals surface area contributed by atoms with Crippen LogP contribution in [0.1, 0.15) is 41.2 Å². The molecule has 1 aromatic carbocycles. The van der Waals surface area contributed by atoms with E-state index in [1.165, 1.54) is 31.3 Å². The van der Waals surface area contributed by atoms with Crippen LogP contribution in [0.5, 0.6) is 5.75 Å². The first-order valence-electron chi connectivity index (χ1n) is 11.6. The van der Waals surface area contributed by atoms with Crippen LogP contribution in [-0.2, 0) is 13.0 Å². The molecule has 0 saturated heterocycles. The summed E-state index contributed by atoms with van der Waals surface area (Å²) < 4.78 is 22.8. The van der Waals surface area contributed by atoms with E-state index in [9.17, 15) is 4.39 Å². The van der Waals surface area contributed by atoms with Gasteiger partial charge in [0.05, 0.1) is 17.1 Å². The summed E-state index contributed by atoms with van der Waals surface area (Å²) >= 11 is 0. The molecule has 3 aromatic heterocycles. The fourth-order valence-corrected chi connectivity index (χ4v) is 4.32. The standard InChI is InChI=1S/C26H26FN7O/c1-16-23(33(14-19-4-5-19)32-25(16)20-6-8-21(27)9-7-20)12-22-13-24(30-15-29-22)34-18(3)26(17(2)31-34)35-11-10-28/h6-9,13,15,19H,4-5,11-12,14H2,1-3H3. The Morgan fingerprint density at radius 1 is 1.11 bits per heavy atom. The molecule has 0 aliphatic heterocycles. The normalized spacial score (nSPS) is 13.1. The Bertz CT molecular complexity index is 1410. The van der Waals surface area contributed by atoms with Crippen molar-refractivity contribution < 1.29 is 9.13 Å². The average Bonchev–Trinajstić information content (AvgIpc) is 3.56. The summed E-state index contributed by atoms with van der Waals surface area (Å²) in [7, 11) is 0. The number of halogens is 1. The van der Waals surface area contributed by atoms with E-state index in [-0.39, 0.29) is 12.4 Å². The van der Waals surface area contributed by atoms with Crippen molar-refractivity contribution in [2.75, 3.05) is 6.61 Å². The highest BCUT2D eigenvalue weighted by Gasteiger charge is 2.26. The van der Waals surface area contributed by atoms with Crippen LogP contribution in [0.4, 0.5) is 4.39 Å². The first-order valence-corrected chi connectivity index (χ1v) is 11.6. The number of nitrogens with zero attached hydrogens (tertiary/aromatic N) is 7. The molecule has 0 atom stereocenters. The first-order chi connectivity index (χ1) is 16.9. The van der Waals surface area contributed by atoms with Crippen LogP contribution in [0.15, 0.2) is 36.7 Å². The van der Waals surface area contributed by atoms with Gasteiger partial charge in [-0.2, -0.15) is 15.5 Å². The highest BCUT2D eigenvalue weighted by Crippen LogP contribution is 2.33. The van der Waals surface area contributed by atoms with E-state index in [0.29, 0.717) is 29.6 Å². The molecule has 1 fully saturated rings. The smallest absolute Gasteiger partial charge is 0.174 e. The quantitative estimate of drug-likeness (QED) is 0.376. The molecule has 8 nitrogen and oxygen atoms in total. The van der Waals surface area contributed by atoms with Crippen molar-refractivity contribution in [3.05, 3.63) is 70.8 Å². The second-order valence-corrected chi connectivity index (χ2v) is 8.96. The van der Waals surface area contributed by atoms with Crippen molar-refractivity contribution in [2.45, 2.75) is 46.6 Å². The first kappa shape index (κ1) is 22.7. The summed E-state index contributed by atoms with van der Waals surface area (Å²) in [4.78, 5) is 8.94. The van der Waals surface area contributed by atoms with Gasteiger partial charge < -0.3 is 4.74 Å². The second-order valence-electron chi connectivity index (χ2n) is 8.96. The lowest BCUT2D eigenvalue weighted by Crippen LogP contribution is -2.10. The molecule has 178 valence electrons. The lowest BCUT2D eigenvalue weighted by molar-refractivity contribution is 0.362. The van der Waals surface area contributed by atoms with Crippen molar-refractivity contribution in [3.8, 4) is 28.9 Å². The molecular formula is C26H26FN7O. The highest BCUT2D eigenvalue weighted by molar-refractivity contribution is 5.64. The van der Waals surface area contributed by atoms with Gasteiger partial charge in [-0.1, -0.05) is 0 Å². The number of hydrogen-bond acceptors (Lipinski definition) is 6. The Labute approximate surface area is 203 Å². The lowest BCUT2D eigenvalue weighted by atomic mass is 10.0. The summed E-state index contributed by atoms with van der Waals surface area (Å²) in [6, 6.07) is 10.4. The summed E-state index contributed by atoms with van der Waals surface area (Å²) in [5.41, 5.74) is 6.23. The van der Waals surface area contributed by atoms with E-state index in [0.717, 1.165) is 40.4 Å². The van der Waals surface area contributed by atoms with Crippen molar-refractivity contribution in [1.82, 2.24) is 29.5 Å². The van der Waals surface area contributed by atoms with Crippen molar-refractivity contribution in [3.63, 3.8) is 0 Å². The predicted molar refractivity (Wildman–Crippen MR) is 128 cm³/mol. The van der Waals surface area contributed by atoms with Gasteiger partial charge in [0.15, 0.2) is 18.2 Å². The Balaban J connectivity index is 1.48. The van der Waals surface area contributed by atoms with E-state index in [4.69, 9.17) is 15.1 Å². The van der Waals surface area contributed by atoms with Gasteiger partial charge in [-0.05, 0) is 69.4 Å². The zero-order valence-corrected chi connectivity index (χ0v) is 20.0. The molecule has 0 amide bonds. The summed E-state index contributed by atoms with van der Waals surface area (Å²) in [6.07, 6.45) is 4.56. The molecule has 5 rings (SSSR count). The Hall–Kier alpha value is -4.06. The second kappa shape index (κ2) is 9.29. The molecule has 0 bridgehead atoms. The summed E-state index contributed by atoms with van der Waals surface area (Å²) in [5.74, 6) is 1.61. The number of rotatable bonds is 8. The zero-order valence-electron chi connectivity index (χ0n) is 20.0. The van der Waals surface area contributed by atoms with Crippen LogP contribution >= 0.6 is 0 Å². The number of aryl methyl sites for hydroxylation is 1. The van der Waals surface area contributed by atoms with E-state index in [2.05, 4.69) is 26.7 Å². The molecule has 0 spiro atoms. The van der Waals surface area contributed by atoms with Crippen LogP contribution in [0.2, 0.25) is 0 Å². The van der Waals surface area contributed by atoms with Gasteiger partial charge in [-0.3, -0.25) is 4.68 Å². The van der Waals surface area contributed by atoms with Gasteiger partial charge in [0, 0.05) is 30.3 Å². The number of hydrogen-bond donors (Lipinski definition) is 0. The average molecular weight is 472 g/mol. The largest absolute Gasteiger partial charge is 0.475 e. The minimum absolute atomic E-state index is 0.0386. The molecule has 0 unspecified atom stereocenters. The van der Waals surface area contributed by atoms with Gasteiger partial charge in [0.1, 0.15) is 23.9 Å². The Kier molecular flexibility index (Phi) is 6.03. The molecule has 1 saturated carbocycles. The molecule has 35 heavy (non-hydrogen) atoms. The van der Waals surface area contributed by atoms with Crippen molar-refractivity contribution in [1.29, 1.82) is 5.26 Å². The van der Waals surface area contributed by atoms with Crippen LogP contribution in [0, 0.1) is 43.8 Å². The molecule has 0 N–H and O–H groups in total. The van der Waals surface area contributed by atoms with Crippen LogP contribution in [0.25, 0.3) is 17.1 Å². The van der Waals surface area contributed by atoms with Crippen molar-refractivity contribution >= 4 is 0 Å². The monoisotopic (exact) mass is 471 g/mol. The number of nitriles is 1. The number of benzene rings is 1. The van der Waals surface area contributed by atoms with Gasteiger partial charge in [-0.15, -0.1) is 0 Å². The SMILES string of the molecule is Cc1nn(-c2cc(Cc3c(C)c(-c4ccc(F)cc4)nn3CC3CC3)ncn2)c(C)c1OCC#N. The minimum atomic E-state index is -0.261. The summed E-state index contributed by atoms with van der Waals surface area (Å²) in [5, 5.41) is 18.3.